The molecule has 0 radical (unpaired) electrons. The summed E-state index contributed by atoms with van der Waals surface area (Å²) in [4.78, 5) is 11.8. The van der Waals surface area contributed by atoms with Gasteiger partial charge in [0.25, 0.3) is 0 Å². The second-order valence-electron chi connectivity index (χ2n) is 6.41. The number of aliphatic hydroxyl groups is 1. The van der Waals surface area contributed by atoms with Crippen LogP contribution in [0.3, 0.4) is 0 Å². The maximum atomic E-state index is 11.8. The van der Waals surface area contributed by atoms with Crippen molar-refractivity contribution in [2.45, 2.75) is 25.4 Å². The van der Waals surface area contributed by atoms with Gasteiger partial charge in [-0.1, -0.05) is 18.2 Å². The highest BCUT2D eigenvalue weighted by Gasteiger charge is 2.93. The zero-order chi connectivity index (χ0) is 11.5. The van der Waals surface area contributed by atoms with Crippen molar-refractivity contribution in [1.82, 2.24) is 0 Å². The first-order chi connectivity index (χ1) is 8.15. The maximum absolute atomic E-state index is 11.8. The quantitative estimate of drug-likeness (QED) is 0.502. The number of cyclic esters (lactones) is 1. The van der Waals surface area contributed by atoms with Crippen molar-refractivity contribution in [3.8, 4) is 0 Å². The van der Waals surface area contributed by atoms with E-state index in [2.05, 4.69) is 12.2 Å². The van der Waals surface area contributed by atoms with Crippen LogP contribution in [0.1, 0.15) is 19.3 Å². The Morgan fingerprint density at radius 2 is 2.24 bits per heavy atom. The Bertz CT molecular complexity index is 534. The summed E-state index contributed by atoms with van der Waals surface area (Å²) < 4.78 is 5.34. The van der Waals surface area contributed by atoms with Crippen LogP contribution in [0.4, 0.5) is 0 Å². The molecule has 88 valence electrons. The summed E-state index contributed by atoms with van der Waals surface area (Å²) in [5.41, 5.74) is 1.13. The van der Waals surface area contributed by atoms with Gasteiger partial charge in [0.2, 0.25) is 0 Å². The first kappa shape index (κ1) is 8.92. The van der Waals surface area contributed by atoms with Crippen LogP contribution >= 0.6 is 0 Å². The Labute approximate surface area is 99.1 Å². The van der Waals surface area contributed by atoms with E-state index in [1.807, 2.05) is 6.08 Å². The molecule has 2 saturated carbocycles. The lowest BCUT2D eigenvalue weighted by Crippen LogP contribution is -2.28. The van der Waals surface area contributed by atoms with Gasteiger partial charge < -0.3 is 9.84 Å². The molecule has 0 aromatic rings. The zero-order valence-corrected chi connectivity index (χ0v) is 9.48. The highest BCUT2D eigenvalue weighted by Crippen LogP contribution is 2.94. The Morgan fingerprint density at radius 1 is 1.35 bits per heavy atom. The third kappa shape index (κ3) is 0.590. The lowest BCUT2D eigenvalue weighted by Gasteiger charge is -2.29. The standard InChI is InChI=1S/C14H14O3/c15-9-1-2-12-4-8-3-10-11(16)17-7-14(10,12)13(12,5-8)6-9/h1-3,8-9,15H,4-7H2. The lowest BCUT2D eigenvalue weighted by molar-refractivity contribution is -0.135. The van der Waals surface area contributed by atoms with Crippen molar-refractivity contribution < 1.29 is 14.6 Å². The van der Waals surface area contributed by atoms with Gasteiger partial charge in [0.05, 0.1) is 11.5 Å². The van der Waals surface area contributed by atoms with Crippen LogP contribution < -0.4 is 0 Å². The van der Waals surface area contributed by atoms with Gasteiger partial charge in [-0.05, 0) is 30.6 Å². The topological polar surface area (TPSA) is 46.5 Å². The predicted octanol–water partition coefficient (Wildman–Crippen LogP) is 1.19. The molecule has 1 saturated heterocycles. The lowest BCUT2D eigenvalue weighted by atomic mass is 9.71. The highest BCUT2D eigenvalue weighted by molar-refractivity contribution is 5.96. The summed E-state index contributed by atoms with van der Waals surface area (Å²) in [6.45, 7) is 0.543. The van der Waals surface area contributed by atoms with E-state index in [0.717, 1.165) is 24.8 Å². The van der Waals surface area contributed by atoms with E-state index in [0.29, 0.717) is 12.5 Å². The number of esters is 1. The van der Waals surface area contributed by atoms with Crippen molar-refractivity contribution in [2.75, 3.05) is 6.61 Å². The van der Waals surface area contributed by atoms with Gasteiger partial charge in [0.1, 0.15) is 6.61 Å². The number of ether oxygens (including phenoxy) is 1. The van der Waals surface area contributed by atoms with Crippen molar-refractivity contribution in [3.05, 3.63) is 23.8 Å². The van der Waals surface area contributed by atoms with Crippen LogP contribution in [-0.4, -0.2) is 23.8 Å². The van der Waals surface area contributed by atoms with E-state index in [9.17, 15) is 9.90 Å². The van der Waals surface area contributed by atoms with Crippen LogP contribution in [0.15, 0.2) is 23.8 Å². The number of aliphatic hydroxyl groups excluding tert-OH is 1. The molecule has 1 aliphatic heterocycles. The first-order valence-corrected chi connectivity index (χ1v) is 6.42. The summed E-state index contributed by atoms with van der Waals surface area (Å²) in [7, 11) is 0. The SMILES string of the molecule is O=C1OCC23C1=CC1CC24C=CC(O)CC43C1. The molecule has 6 rings (SSSR count). The molecule has 3 heteroatoms. The molecule has 0 amide bonds. The van der Waals surface area contributed by atoms with Crippen molar-refractivity contribution >= 4 is 5.97 Å². The third-order valence-electron chi connectivity index (χ3n) is 6.23. The smallest absolute Gasteiger partial charge is 0.334 e. The van der Waals surface area contributed by atoms with E-state index < -0.39 is 0 Å². The molecule has 6 aliphatic rings. The van der Waals surface area contributed by atoms with Crippen LogP contribution in [0.2, 0.25) is 0 Å². The zero-order valence-electron chi connectivity index (χ0n) is 9.48. The van der Waals surface area contributed by atoms with E-state index in [1.54, 1.807) is 0 Å². The predicted molar refractivity (Wildman–Crippen MR) is 58.8 cm³/mol. The minimum atomic E-state index is -0.337. The van der Waals surface area contributed by atoms with Gasteiger partial charge in [-0.3, -0.25) is 0 Å². The average molecular weight is 230 g/mol. The monoisotopic (exact) mass is 230 g/mol. The largest absolute Gasteiger partial charge is 0.461 e. The van der Waals surface area contributed by atoms with E-state index >= 15 is 0 Å². The fourth-order valence-electron chi connectivity index (χ4n) is 5.88. The molecule has 0 aromatic heterocycles. The Morgan fingerprint density at radius 3 is 3.12 bits per heavy atom. The van der Waals surface area contributed by atoms with Gasteiger partial charge in [-0.15, -0.1) is 0 Å². The molecule has 5 atom stereocenters. The number of carbonyl (C=O) groups excluding carboxylic acids is 1. The molecule has 3 fully saturated rings. The Hall–Kier alpha value is -1.09. The van der Waals surface area contributed by atoms with E-state index in [1.165, 1.54) is 0 Å². The minimum absolute atomic E-state index is 0.0696. The Balaban J connectivity index is 1.81. The number of allylic oxidation sites excluding steroid dienone is 2. The normalized spacial score (nSPS) is 60.5. The summed E-state index contributed by atoms with van der Waals surface area (Å²) in [5.74, 6) is 0.415. The summed E-state index contributed by atoms with van der Waals surface area (Å²) >= 11 is 0. The fraction of sp³-hybridized carbons (Fsp3) is 0.643. The van der Waals surface area contributed by atoms with Gasteiger partial charge in [-0.2, -0.15) is 0 Å². The number of hydrogen-bond donors (Lipinski definition) is 1. The molecule has 1 N–H and O–H groups in total. The molecular formula is C14H14O3. The van der Waals surface area contributed by atoms with Crippen molar-refractivity contribution in [1.29, 1.82) is 0 Å². The van der Waals surface area contributed by atoms with Crippen molar-refractivity contribution in [3.63, 3.8) is 0 Å². The number of rotatable bonds is 0. The molecular weight excluding hydrogens is 216 g/mol. The minimum Gasteiger partial charge on any atom is -0.461 e. The van der Waals surface area contributed by atoms with Crippen LogP contribution in [0, 0.1) is 22.2 Å². The molecule has 5 unspecified atom stereocenters. The molecule has 0 aromatic carbocycles. The molecule has 4 bridgehead atoms. The second-order valence-corrected chi connectivity index (χ2v) is 6.41. The van der Waals surface area contributed by atoms with Gasteiger partial charge >= 0.3 is 5.97 Å². The Kier molecular flexibility index (Phi) is 1.11. The fourth-order valence-corrected chi connectivity index (χ4v) is 5.88. The summed E-state index contributed by atoms with van der Waals surface area (Å²) in [6, 6.07) is 0. The van der Waals surface area contributed by atoms with Gasteiger partial charge in [0.15, 0.2) is 0 Å². The number of carbonyl (C=O) groups is 1. The summed E-state index contributed by atoms with van der Waals surface area (Å²) in [5, 5.41) is 9.92. The van der Waals surface area contributed by atoms with E-state index in [4.69, 9.17) is 4.74 Å². The van der Waals surface area contributed by atoms with Crippen LogP contribution in [-0.2, 0) is 9.53 Å². The first-order valence-electron chi connectivity index (χ1n) is 6.42. The molecule has 3 spiro atoms. The van der Waals surface area contributed by atoms with Crippen molar-refractivity contribution in [2.24, 2.45) is 22.2 Å². The van der Waals surface area contributed by atoms with E-state index in [-0.39, 0.29) is 28.3 Å². The van der Waals surface area contributed by atoms with Crippen LogP contribution in [0.25, 0.3) is 0 Å². The van der Waals surface area contributed by atoms with Gasteiger partial charge in [-0.25, -0.2) is 4.79 Å². The summed E-state index contributed by atoms with van der Waals surface area (Å²) in [6.07, 6.45) is 9.05. The number of hydrogen-bond acceptors (Lipinski definition) is 3. The third-order valence-corrected chi connectivity index (χ3v) is 6.23. The molecule has 3 nitrogen and oxygen atoms in total. The molecule has 17 heavy (non-hydrogen) atoms. The molecule has 1 heterocycles. The molecule has 5 aliphatic carbocycles. The highest BCUT2D eigenvalue weighted by atomic mass is 16.5. The van der Waals surface area contributed by atoms with Crippen LogP contribution in [0.5, 0.6) is 0 Å². The second kappa shape index (κ2) is 2.12. The van der Waals surface area contributed by atoms with Gasteiger partial charge in [0, 0.05) is 11.0 Å². The maximum Gasteiger partial charge on any atom is 0.334 e. The average Bonchev–Trinajstić information content (AvgIpc) is 2.58.